The van der Waals surface area contributed by atoms with Gasteiger partial charge in [0.15, 0.2) is 9.84 Å². The van der Waals surface area contributed by atoms with Crippen LogP contribution in [0.5, 0.6) is 0 Å². The van der Waals surface area contributed by atoms with Gasteiger partial charge in [0.1, 0.15) is 0 Å². The Morgan fingerprint density at radius 2 is 1.92 bits per heavy atom. The van der Waals surface area contributed by atoms with Gasteiger partial charge >= 0.3 is 0 Å². The predicted molar refractivity (Wildman–Crippen MR) is 54.4 cm³/mol. The van der Waals surface area contributed by atoms with Crippen molar-refractivity contribution in [1.82, 2.24) is 0 Å². The molecule has 0 bridgehead atoms. The van der Waals surface area contributed by atoms with Crippen LogP contribution < -0.4 is 0 Å². The predicted octanol–water partition coefficient (Wildman–Crippen LogP) is 2.03. The highest BCUT2D eigenvalue weighted by molar-refractivity contribution is 8.68. The Morgan fingerprint density at radius 3 is 2.33 bits per heavy atom. The molecule has 0 aliphatic rings. The molecule has 5 heteroatoms. The first kappa shape index (κ1) is 9.95. The van der Waals surface area contributed by atoms with E-state index in [1.165, 1.54) is 6.26 Å². The van der Waals surface area contributed by atoms with Gasteiger partial charge in [0.2, 0.25) is 0 Å². The van der Waals surface area contributed by atoms with E-state index >= 15 is 0 Å². The molecule has 0 atom stereocenters. The van der Waals surface area contributed by atoms with E-state index in [1.54, 1.807) is 24.3 Å². The van der Waals surface area contributed by atoms with Gasteiger partial charge in [-0.1, -0.05) is 22.9 Å². The third kappa shape index (κ3) is 2.18. The summed E-state index contributed by atoms with van der Waals surface area (Å²) in [6.07, 6.45) is 1.19. The molecular formula is C7H8O2S3. The zero-order valence-corrected chi connectivity index (χ0v) is 8.92. The van der Waals surface area contributed by atoms with E-state index in [9.17, 15) is 8.42 Å². The molecule has 0 amide bonds. The highest BCUT2D eigenvalue weighted by Crippen LogP contribution is 2.28. The summed E-state index contributed by atoms with van der Waals surface area (Å²) in [4.78, 5) is 1.01. The smallest absolute Gasteiger partial charge is 0.176 e. The molecular weight excluding hydrogens is 212 g/mol. The molecule has 0 fully saturated rings. The standard InChI is InChI=1S/C7H8O2S3/c1-12(8,9)7-5-3-2-4-6(7)11-10/h2-5,10H,1H3. The maximum atomic E-state index is 11.2. The van der Waals surface area contributed by atoms with Gasteiger partial charge in [-0.05, 0) is 12.1 Å². The minimum Gasteiger partial charge on any atom is -0.224 e. The molecule has 0 saturated heterocycles. The van der Waals surface area contributed by atoms with E-state index in [1.807, 2.05) is 0 Å². The lowest BCUT2D eigenvalue weighted by atomic mass is 10.4. The van der Waals surface area contributed by atoms with Crippen LogP contribution in [0.3, 0.4) is 0 Å². The lowest BCUT2D eigenvalue weighted by molar-refractivity contribution is 0.600. The van der Waals surface area contributed by atoms with Crippen molar-refractivity contribution < 1.29 is 8.42 Å². The van der Waals surface area contributed by atoms with Crippen LogP contribution in [-0.4, -0.2) is 14.7 Å². The first-order chi connectivity index (χ1) is 5.55. The van der Waals surface area contributed by atoms with E-state index in [4.69, 9.17) is 0 Å². The van der Waals surface area contributed by atoms with Gasteiger partial charge in [-0.3, -0.25) is 0 Å². The van der Waals surface area contributed by atoms with Gasteiger partial charge in [-0.2, -0.15) is 0 Å². The largest absolute Gasteiger partial charge is 0.224 e. The van der Waals surface area contributed by atoms with Crippen LogP contribution in [0.15, 0.2) is 34.1 Å². The summed E-state index contributed by atoms with van der Waals surface area (Å²) in [5, 5.41) is 0. The van der Waals surface area contributed by atoms with Gasteiger partial charge in [0.05, 0.1) is 4.90 Å². The summed E-state index contributed by atoms with van der Waals surface area (Å²) in [6.45, 7) is 0. The van der Waals surface area contributed by atoms with Crippen molar-refractivity contribution >= 4 is 32.3 Å². The molecule has 0 heterocycles. The van der Waals surface area contributed by atoms with Crippen molar-refractivity contribution in [1.29, 1.82) is 0 Å². The van der Waals surface area contributed by atoms with Crippen LogP contribution in [0.1, 0.15) is 0 Å². The third-order valence-electron chi connectivity index (χ3n) is 1.35. The van der Waals surface area contributed by atoms with Crippen LogP contribution in [0.4, 0.5) is 0 Å². The number of thiol groups is 1. The highest BCUT2D eigenvalue weighted by Gasteiger charge is 2.11. The van der Waals surface area contributed by atoms with Crippen molar-refractivity contribution in [2.24, 2.45) is 0 Å². The zero-order valence-electron chi connectivity index (χ0n) is 6.39. The first-order valence-electron chi connectivity index (χ1n) is 3.16. The van der Waals surface area contributed by atoms with Crippen LogP contribution in [0, 0.1) is 0 Å². The van der Waals surface area contributed by atoms with Crippen LogP contribution >= 0.6 is 22.5 Å². The fourth-order valence-corrected chi connectivity index (χ4v) is 3.13. The molecule has 2 nitrogen and oxygen atoms in total. The summed E-state index contributed by atoms with van der Waals surface area (Å²) in [7, 11) is -1.98. The normalized spacial score (nSPS) is 11.5. The second-order valence-corrected chi connectivity index (χ2v) is 5.46. The van der Waals surface area contributed by atoms with Crippen LogP contribution in [-0.2, 0) is 9.84 Å². The molecule has 0 aliphatic carbocycles. The van der Waals surface area contributed by atoms with Gasteiger partial charge < -0.3 is 0 Å². The van der Waals surface area contributed by atoms with Gasteiger partial charge in [-0.25, -0.2) is 8.42 Å². The number of hydrogen-bond donors (Lipinski definition) is 1. The molecule has 1 aromatic carbocycles. The summed E-state index contributed by atoms with van der Waals surface area (Å²) < 4.78 is 22.3. The van der Waals surface area contributed by atoms with Gasteiger partial charge in [-0.15, -0.1) is 11.7 Å². The molecule has 0 aliphatic heterocycles. The topological polar surface area (TPSA) is 34.1 Å². The Kier molecular flexibility index (Phi) is 3.09. The van der Waals surface area contributed by atoms with E-state index in [0.29, 0.717) is 9.79 Å². The molecule has 0 saturated carbocycles. The van der Waals surface area contributed by atoms with Crippen molar-refractivity contribution in [3.05, 3.63) is 24.3 Å². The monoisotopic (exact) mass is 220 g/mol. The first-order valence-corrected chi connectivity index (χ1v) is 6.92. The lowest BCUT2D eigenvalue weighted by Crippen LogP contribution is -1.97. The fourth-order valence-electron chi connectivity index (χ4n) is 0.832. The van der Waals surface area contributed by atoms with Crippen molar-refractivity contribution in [3.8, 4) is 0 Å². The SMILES string of the molecule is CS(=O)(=O)c1ccccc1SS. The Bertz CT molecular complexity index is 370. The molecule has 12 heavy (non-hydrogen) atoms. The summed E-state index contributed by atoms with van der Waals surface area (Å²) in [5.41, 5.74) is 0. The van der Waals surface area contributed by atoms with Crippen molar-refractivity contribution in [3.63, 3.8) is 0 Å². The molecule has 0 unspecified atom stereocenters. The van der Waals surface area contributed by atoms with Gasteiger partial charge in [0, 0.05) is 11.2 Å². The summed E-state index contributed by atoms with van der Waals surface area (Å²) in [5.74, 6) is 0. The third-order valence-corrected chi connectivity index (χ3v) is 3.77. The highest BCUT2D eigenvalue weighted by atomic mass is 33.1. The second kappa shape index (κ2) is 3.72. The lowest BCUT2D eigenvalue weighted by Gasteiger charge is -2.02. The molecule has 1 aromatic rings. The summed E-state index contributed by atoms with van der Waals surface area (Å²) in [6, 6.07) is 6.79. The fraction of sp³-hybridized carbons (Fsp3) is 0.143. The Balaban J connectivity index is 3.33. The molecule has 0 spiro atoms. The maximum Gasteiger partial charge on any atom is 0.176 e. The summed E-state index contributed by atoms with van der Waals surface area (Å²) >= 11 is 3.96. The number of hydrogen-bond acceptors (Lipinski definition) is 4. The number of benzene rings is 1. The van der Waals surface area contributed by atoms with E-state index in [0.717, 1.165) is 10.8 Å². The molecule has 0 N–H and O–H groups in total. The number of sulfone groups is 1. The van der Waals surface area contributed by atoms with E-state index in [-0.39, 0.29) is 0 Å². The molecule has 0 aromatic heterocycles. The van der Waals surface area contributed by atoms with Crippen molar-refractivity contribution in [2.45, 2.75) is 9.79 Å². The van der Waals surface area contributed by atoms with E-state index < -0.39 is 9.84 Å². The van der Waals surface area contributed by atoms with E-state index in [2.05, 4.69) is 11.7 Å². The Morgan fingerprint density at radius 1 is 1.33 bits per heavy atom. The Hall–Kier alpha value is -0.130. The minimum absolute atomic E-state index is 0.338. The van der Waals surface area contributed by atoms with Crippen molar-refractivity contribution in [2.75, 3.05) is 6.26 Å². The zero-order chi connectivity index (χ0) is 9.19. The average molecular weight is 220 g/mol. The van der Waals surface area contributed by atoms with Crippen LogP contribution in [0.2, 0.25) is 0 Å². The minimum atomic E-state index is -3.12. The average Bonchev–Trinajstić information content (AvgIpc) is 2.03. The second-order valence-electron chi connectivity index (χ2n) is 2.31. The van der Waals surface area contributed by atoms with Crippen LogP contribution in [0.25, 0.3) is 0 Å². The quantitative estimate of drug-likeness (QED) is 0.611. The van der Waals surface area contributed by atoms with Gasteiger partial charge in [0.25, 0.3) is 0 Å². The number of rotatable bonds is 2. The molecule has 66 valence electrons. The Labute approximate surface area is 81.1 Å². The maximum absolute atomic E-state index is 11.2. The molecule has 1 rings (SSSR count). The molecule has 0 radical (unpaired) electrons.